The van der Waals surface area contributed by atoms with Crippen LogP contribution in [0.15, 0.2) is 24.8 Å². The van der Waals surface area contributed by atoms with Crippen LogP contribution in [0.4, 0.5) is 0 Å². The Morgan fingerprint density at radius 2 is 1.83 bits per heavy atom. The van der Waals surface area contributed by atoms with Gasteiger partial charge in [-0.1, -0.05) is 12.7 Å². The van der Waals surface area contributed by atoms with E-state index >= 15 is 0 Å². The van der Waals surface area contributed by atoms with E-state index in [1.54, 1.807) is 6.08 Å². The van der Waals surface area contributed by atoms with Crippen molar-refractivity contribution < 1.29 is 4.79 Å². The molecule has 0 unspecified atom stereocenters. The van der Waals surface area contributed by atoms with Crippen LogP contribution in [0.5, 0.6) is 0 Å². The Hall–Kier alpha value is -1.09. The Morgan fingerprint density at radius 3 is 1.92 bits per heavy atom. The summed E-state index contributed by atoms with van der Waals surface area (Å²) >= 11 is 0. The van der Waals surface area contributed by atoms with Crippen molar-refractivity contribution in [2.45, 2.75) is 6.42 Å². The highest BCUT2D eigenvalue weighted by Crippen LogP contribution is 1.94. The summed E-state index contributed by atoms with van der Waals surface area (Å²) in [4.78, 5) is 12.2. The average molecular weight is 170 g/mol. The number of hydrogen-bond donors (Lipinski definition) is 1. The van der Waals surface area contributed by atoms with Crippen LogP contribution >= 0.6 is 0 Å². The number of amides is 1. The minimum absolute atomic E-state index is 0.403. The zero-order valence-corrected chi connectivity index (χ0v) is 8.13. The first-order chi connectivity index (χ1) is 5.41. The molecule has 0 saturated carbocycles. The first kappa shape index (κ1) is 13.5. The Kier molecular flexibility index (Phi) is 9.01. The predicted molar refractivity (Wildman–Crippen MR) is 52.8 cm³/mol. The van der Waals surface area contributed by atoms with E-state index in [9.17, 15) is 4.79 Å². The number of rotatable bonds is 3. The number of primary amides is 1. The third kappa shape index (κ3) is 16.0. The summed E-state index contributed by atoms with van der Waals surface area (Å²) in [6.07, 6.45) is 2.07. The Labute approximate surface area is 74.5 Å². The highest BCUT2D eigenvalue weighted by molar-refractivity contribution is 5.91. The van der Waals surface area contributed by atoms with E-state index in [0.717, 1.165) is 0 Å². The van der Waals surface area contributed by atoms with Gasteiger partial charge in [0.2, 0.25) is 5.91 Å². The van der Waals surface area contributed by atoms with Gasteiger partial charge in [-0.25, -0.2) is 0 Å². The Balaban J connectivity index is 0. The van der Waals surface area contributed by atoms with Gasteiger partial charge in [-0.15, -0.1) is 6.58 Å². The van der Waals surface area contributed by atoms with Gasteiger partial charge < -0.3 is 10.6 Å². The first-order valence-corrected chi connectivity index (χ1v) is 3.61. The lowest BCUT2D eigenvalue weighted by Crippen LogP contribution is -2.12. The van der Waals surface area contributed by atoms with Crippen molar-refractivity contribution in [3.05, 3.63) is 24.8 Å². The molecule has 0 aromatic heterocycles. The fraction of sp³-hybridized carbons (Fsp3) is 0.444. The molecule has 0 atom stereocenters. The zero-order valence-electron chi connectivity index (χ0n) is 8.13. The molecule has 12 heavy (non-hydrogen) atoms. The maximum Gasteiger partial charge on any atom is 0.244 e. The monoisotopic (exact) mass is 170 g/mol. The molecule has 0 aromatic rings. The summed E-state index contributed by atoms with van der Waals surface area (Å²) in [6, 6.07) is 0. The number of nitrogens with two attached hydrogens (primary N) is 1. The van der Waals surface area contributed by atoms with Crippen LogP contribution in [-0.4, -0.2) is 32.0 Å². The zero-order chi connectivity index (χ0) is 10.1. The minimum atomic E-state index is -0.454. The number of nitrogens with zero attached hydrogens (tertiary/aromatic N) is 1. The van der Waals surface area contributed by atoms with Crippen LogP contribution in [0.1, 0.15) is 6.42 Å². The molecule has 0 fully saturated rings. The standard InChI is InChI=1S/C6H9NO.C3H9N/c1-3-4-5(2)6(7)8;1-4(2)3/h3H,1-2,4H2,(H2,7,8);1-3H3. The lowest BCUT2D eigenvalue weighted by atomic mass is 10.2. The Morgan fingerprint density at radius 1 is 1.50 bits per heavy atom. The largest absolute Gasteiger partial charge is 0.366 e. The normalized spacial score (nSPS) is 8.33. The van der Waals surface area contributed by atoms with Crippen LogP contribution in [0.3, 0.4) is 0 Å². The van der Waals surface area contributed by atoms with Crippen LogP contribution in [0, 0.1) is 0 Å². The fourth-order valence-corrected chi connectivity index (χ4v) is 0.275. The SMILES string of the molecule is C=CCC(=C)C(N)=O.CN(C)C. The second-order valence-corrected chi connectivity index (χ2v) is 2.80. The van der Waals surface area contributed by atoms with Crippen LogP contribution in [-0.2, 0) is 4.79 Å². The summed E-state index contributed by atoms with van der Waals surface area (Å²) in [5.74, 6) is -0.454. The van der Waals surface area contributed by atoms with E-state index in [2.05, 4.69) is 13.2 Å². The highest BCUT2D eigenvalue weighted by Gasteiger charge is 1.95. The number of allylic oxidation sites excluding steroid dienone is 1. The summed E-state index contributed by atoms with van der Waals surface area (Å²) < 4.78 is 0. The molecule has 0 aromatic carbocycles. The van der Waals surface area contributed by atoms with Crippen molar-refractivity contribution in [2.75, 3.05) is 21.1 Å². The molecule has 70 valence electrons. The van der Waals surface area contributed by atoms with Crippen LogP contribution in [0.25, 0.3) is 0 Å². The van der Waals surface area contributed by atoms with Crippen molar-refractivity contribution in [3.63, 3.8) is 0 Å². The van der Waals surface area contributed by atoms with E-state index in [-0.39, 0.29) is 0 Å². The summed E-state index contributed by atoms with van der Waals surface area (Å²) in [5, 5.41) is 0. The molecule has 0 rings (SSSR count). The van der Waals surface area contributed by atoms with Gasteiger partial charge in [-0.3, -0.25) is 4.79 Å². The molecule has 2 N–H and O–H groups in total. The van der Waals surface area contributed by atoms with Crippen molar-refractivity contribution in [3.8, 4) is 0 Å². The third-order valence-electron chi connectivity index (χ3n) is 0.739. The number of carbonyl (C=O) groups is 1. The third-order valence-corrected chi connectivity index (χ3v) is 0.739. The Bertz CT molecular complexity index is 159. The van der Waals surface area contributed by atoms with Gasteiger partial charge in [0.25, 0.3) is 0 Å². The van der Waals surface area contributed by atoms with Crippen LogP contribution < -0.4 is 5.73 Å². The average Bonchev–Trinajstić information content (AvgIpc) is 1.86. The second-order valence-electron chi connectivity index (χ2n) is 2.80. The smallest absolute Gasteiger partial charge is 0.244 e. The lowest BCUT2D eigenvalue weighted by molar-refractivity contribution is -0.114. The van der Waals surface area contributed by atoms with E-state index in [0.29, 0.717) is 12.0 Å². The van der Waals surface area contributed by atoms with E-state index < -0.39 is 5.91 Å². The van der Waals surface area contributed by atoms with Crippen molar-refractivity contribution in [1.82, 2.24) is 4.90 Å². The number of hydrogen-bond acceptors (Lipinski definition) is 2. The van der Waals surface area contributed by atoms with Crippen molar-refractivity contribution in [1.29, 1.82) is 0 Å². The molecule has 0 aliphatic carbocycles. The molecule has 0 aliphatic rings. The molecule has 1 amide bonds. The molecule has 0 aliphatic heterocycles. The van der Waals surface area contributed by atoms with Gasteiger partial charge in [0.1, 0.15) is 0 Å². The molecule has 0 spiro atoms. The minimum Gasteiger partial charge on any atom is -0.366 e. The van der Waals surface area contributed by atoms with Crippen molar-refractivity contribution >= 4 is 5.91 Å². The molecule has 3 nitrogen and oxygen atoms in total. The topological polar surface area (TPSA) is 46.3 Å². The molecular weight excluding hydrogens is 152 g/mol. The molecule has 0 radical (unpaired) electrons. The molecule has 0 bridgehead atoms. The quantitative estimate of drug-likeness (QED) is 0.502. The number of carbonyl (C=O) groups excluding carboxylic acids is 1. The molecule has 3 heteroatoms. The van der Waals surface area contributed by atoms with Gasteiger partial charge in [0.15, 0.2) is 0 Å². The van der Waals surface area contributed by atoms with E-state index in [1.165, 1.54) is 0 Å². The van der Waals surface area contributed by atoms with Gasteiger partial charge in [0.05, 0.1) is 0 Å². The van der Waals surface area contributed by atoms with Gasteiger partial charge >= 0.3 is 0 Å². The van der Waals surface area contributed by atoms with Gasteiger partial charge in [0, 0.05) is 5.57 Å². The first-order valence-electron chi connectivity index (χ1n) is 3.61. The maximum atomic E-state index is 10.2. The predicted octanol–water partition coefficient (Wildman–Crippen LogP) is 0.782. The molecule has 0 saturated heterocycles. The molecule has 0 heterocycles. The fourth-order valence-electron chi connectivity index (χ4n) is 0.275. The highest BCUT2D eigenvalue weighted by atomic mass is 16.1. The van der Waals surface area contributed by atoms with E-state index in [1.807, 2.05) is 26.0 Å². The molecular formula is C9H18N2O. The summed E-state index contributed by atoms with van der Waals surface area (Å²) in [6.45, 7) is 6.81. The summed E-state index contributed by atoms with van der Waals surface area (Å²) in [5.41, 5.74) is 5.24. The van der Waals surface area contributed by atoms with E-state index in [4.69, 9.17) is 5.73 Å². The van der Waals surface area contributed by atoms with Gasteiger partial charge in [-0.05, 0) is 27.6 Å². The lowest BCUT2D eigenvalue weighted by Gasteiger charge is -1.90. The van der Waals surface area contributed by atoms with Crippen LogP contribution in [0.2, 0.25) is 0 Å². The maximum absolute atomic E-state index is 10.2. The second kappa shape index (κ2) is 8.01. The van der Waals surface area contributed by atoms with Crippen molar-refractivity contribution in [2.24, 2.45) is 5.73 Å². The summed E-state index contributed by atoms with van der Waals surface area (Å²) in [7, 11) is 6.00. The van der Waals surface area contributed by atoms with Gasteiger partial charge in [-0.2, -0.15) is 0 Å².